The lowest BCUT2D eigenvalue weighted by atomic mass is 10.0. The second-order valence-electron chi connectivity index (χ2n) is 20.9. The Morgan fingerprint density at radius 3 is 0.873 bits per heavy atom. The van der Waals surface area contributed by atoms with E-state index >= 15 is 0 Å². The Morgan fingerprint density at radius 1 is 0.296 bits per heavy atom. The number of hydrogen-bond donors (Lipinski definition) is 0. The fourth-order valence-corrected chi connectivity index (χ4v) is 9.16. The quantitative estimate of drug-likeness (QED) is 0.0261. The molecule has 0 aromatic rings. The van der Waals surface area contributed by atoms with E-state index in [9.17, 15) is 14.4 Å². The van der Waals surface area contributed by atoms with E-state index < -0.39 is 6.10 Å². The van der Waals surface area contributed by atoms with Crippen LogP contribution < -0.4 is 0 Å². The number of allylic oxidation sites excluding steroid dienone is 8. The summed E-state index contributed by atoms with van der Waals surface area (Å²) in [5.74, 6) is -0.876. The van der Waals surface area contributed by atoms with Crippen molar-refractivity contribution >= 4 is 17.9 Å². The first-order chi connectivity index (χ1) is 35.0. The van der Waals surface area contributed by atoms with Crippen molar-refractivity contribution in [3.8, 4) is 0 Å². The number of esters is 3. The van der Waals surface area contributed by atoms with E-state index in [-0.39, 0.29) is 31.1 Å². The van der Waals surface area contributed by atoms with E-state index in [1.54, 1.807) is 0 Å². The second-order valence-corrected chi connectivity index (χ2v) is 20.9. The normalized spacial score (nSPS) is 12.3. The highest BCUT2D eigenvalue weighted by molar-refractivity contribution is 5.71. The summed E-state index contributed by atoms with van der Waals surface area (Å²) in [6, 6.07) is 0. The van der Waals surface area contributed by atoms with Gasteiger partial charge in [-0.25, -0.2) is 0 Å². The molecule has 6 heteroatoms. The van der Waals surface area contributed by atoms with Crippen LogP contribution in [-0.2, 0) is 28.6 Å². The predicted molar refractivity (Wildman–Crippen MR) is 307 cm³/mol. The Labute approximate surface area is 441 Å². The molecule has 1 atom stereocenters. The van der Waals surface area contributed by atoms with Crippen LogP contribution >= 0.6 is 0 Å². The summed E-state index contributed by atoms with van der Waals surface area (Å²) in [4.78, 5) is 38.3. The molecule has 0 saturated carbocycles. The maximum atomic E-state index is 12.9. The predicted octanol–water partition coefficient (Wildman–Crippen LogP) is 21.0. The van der Waals surface area contributed by atoms with Gasteiger partial charge >= 0.3 is 17.9 Å². The standard InChI is InChI=1S/C65H118O6/c1-4-7-10-13-16-19-22-25-28-30-32-34-37-40-43-46-49-52-55-58-64(67)70-61-62(60-69-63(66)57-54-51-48-45-42-39-36-27-24-21-18-15-12-9-6-3)71-65(68)59-56-53-50-47-44-41-38-35-33-31-29-26-23-20-17-14-11-8-5-2/h9,12,18,21,25,27-28,36,62H,4-8,10-11,13-17,19-20,22-24,26,29-35,37-61H2,1-3H3/b12-9-,21-18-,28-25-,36-27-. The number of ether oxygens (including phenoxy) is 3. The van der Waals surface area contributed by atoms with Crippen molar-refractivity contribution in [1.29, 1.82) is 0 Å². The summed E-state index contributed by atoms with van der Waals surface area (Å²) >= 11 is 0. The summed E-state index contributed by atoms with van der Waals surface area (Å²) in [5.41, 5.74) is 0. The highest BCUT2D eigenvalue weighted by Crippen LogP contribution is 2.17. The third kappa shape index (κ3) is 58.1. The average Bonchev–Trinajstić information content (AvgIpc) is 3.37. The third-order valence-electron chi connectivity index (χ3n) is 13.8. The van der Waals surface area contributed by atoms with Crippen molar-refractivity contribution in [1.82, 2.24) is 0 Å². The second kappa shape index (κ2) is 59.9. The minimum absolute atomic E-state index is 0.0764. The van der Waals surface area contributed by atoms with Crippen molar-refractivity contribution in [2.45, 2.75) is 335 Å². The van der Waals surface area contributed by atoms with Gasteiger partial charge in [-0.3, -0.25) is 14.4 Å². The van der Waals surface area contributed by atoms with Crippen LogP contribution in [0.3, 0.4) is 0 Å². The maximum Gasteiger partial charge on any atom is 0.306 e. The molecule has 0 aromatic heterocycles. The van der Waals surface area contributed by atoms with Gasteiger partial charge in [0, 0.05) is 19.3 Å². The van der Waals surface area contributed by atoms with Gasteiger partial charge in [0.15, 0.2) is 6.10 Å². The molecule has 0 radical (unpaired) electrons. The van der Waals surface area contributed by atoms with Crippen LogP contribution in [0.5, 0.6) is 0 Å². The van der Waals surface area contributed by atoms with Crippen LogP contribution in [0, 0.1) is 0 Å². The molecule has 1 unspecified atom stereocenters. The third-order valence-corrected chi connectivity index (χ3v) is 13.8. The van der Waals surface area contributed by atoms with Crippen LogP contribution in [0.4, 0.5) is 0 Å². The Bertz CT molecular complexity index is 1230. The molecule has 0 aromatic carbocycles. The fourth-order valence-electron chi connectivity index (χ4n) is 9.16. The number of carbonyl (C=O) groups excluding carboxylic acids is 3. The van der Waals surface area contributed by atoms with Crippen LogP contribution in [0.2, 0.25) is 0 Å². The topological polar surface area (TPSA) is 78.9 Å². The van der Waals surface area contributed by atoms with Crippen molar-refractivity contribution in [2.24, 2.45) is 0 Å². The molecule has 0 heterocycles. The van der Waals surface area contributed by atoms with Crippen molar-refractivity contribution < 1.29 is 28.6 Å². The zero-order valence-electron chi connectivity index (χ0n) is 47.5. The first kappa shape index (κ1) is 68.4. The summed E-state index contributed by atoms with van der Waals surface area (Å²) in [6.45, 7) is 6.56. The molecule has 0 aliphatic heterocycles. The van der Waals surface area contributed by atoms with Crippen molar-refractivity contribution in [3.63, 3.8) is 0 Å². The summed E-state index contributed by atoms with van der Waals surface area (Å²) < 4.78 is 16.9. The zero-order chi connectivity index (χ0) is 51.4. The fraction of sp³-hybridized carbons (Fsp3) is 0.831. The monoisotopic (exact) mass is 995 g/mol. The molecule has 71 heavy (non-hydrogen) atoms. The molecule has 0 amide bonds. The van der Waals surface area contributed by atoms with Gasteiger partial charge < -0.3 is 14.2 Å². The zero-order valence-corrected chi connectivity index (χ0v) is 47.5. The van der Waals surface area contributed by atoms with Crippen molar-refractivity contribution in [2.75, 3.05) is 13.2 Å². The smallest absolute Gasteiger partial charge is 0.306 e. The first-order valence-electron chi connectivity index (χ1n) is 31.1. The molecule has 0 spiro atoms. The van der Waals surface area contributed by atoms with Gasteiger partial charge in [0.1, 0.15) is 13.2 Å². The first-order valence-corrected chi connectivity index (χ1v) is 31.1. The van der Waals surface area contributed by atoms with Gasteiger partial charge in [-0.1, -0.05) is 281 Å². The van der Waals surface area contributed by atoms with Gasteiger partial charge in [-0.05, 0) is 77.0 Å². The Balaban J connectivity index is 4.34. The van der Waals surface area contributed by atoms with Gasteiger partial charge in [-0.15, -0.1) is 0 Å². The molecule has 0 N–H and O–H groups in total. The molecule has 0 saturated heterocycles. The Morgan fingerprint density at radius 2 is 0.549 bits per heavy atom. The van der Waals surface area contributed by atoms with Gasteiger partial charge in [-0.2, -0.15) is 0 Å². The minimum atomic E-state index is -0.779. The van der Waals surface area contributed by atoms with Gasteiger partial charge in [0.05, 0.1) is 0 Å². The highest BCUT2D eigenvalue weighted by atomic mass is 16.6. The Kier molecular flexibility index (Phi) is 57.7. The Hall–Kier alpha value is -2.63. The lowest BCUT2D eigenvalue weighted by Crippen LogP contribution is -2.30. The van der Waals surface area contributed by atoms with Crippen LogP contribution in [-0.4, -0.2) is 37.2 Å². The molecule has 6 nitrogen and oxygen atoms in total. The van der Waals surface area contributed by atoms with E-state index in [2.05, 4.69) is 69.4 Å². The average molecular weight is 996 g/mol. The number of hydrogen-bond acceptors (Lipinski definition) is 6. The minimum Gasteiger partial charge on any atom is -0.462 e. The summed E-state index contributed by atoms with van der Waals surface area (Å²) in [7, 11) is 0. The van der Waals surface area contributed by atoms with E-state index in [1.807, 2.05) is 0 Å². The molecule has 414 valence electrons. The molecule has 0 bridgehead atoms. The van der Waals surface area contributed by atoms with Crippen LogP contribution in [0.1, 0.15) is 329 Å². The summed E-state index contributed by atoms with van der Waals surface area (Å²) in [5, 5.41) is 0. The molecular weight excluding hydrogens is 877 g/mol. The van der Waals surface area contributed by atoms with Crippen LogP contribution in [0.25, 0.3) is 0 Å². The van der Waals surface area contributed by atoms with E-state index in [0.29, 0.717) is 19.3 Å². The molecule has 0 fully saturated rings. The SMILES string of the molecule is CC/C=C\C/C=C\C/C=C\CCCCCCCC(=O)OCC(COC(=O)CCCCCCCCCCC/C=C\CCCCCCCC)OC(=O)CCCCCCCCCCCCCCCCCCCCC. The lowest BCUT2D eigenvalue weighted by Gasteiger charge is -2.18. The van der Waals surface area contributed by atoms with E-state index in [0.717, 1.165) is 96.3 Å². The molecule has 0 aliphatic rings. The molecule has 0 rings (SSSR count). The lowest BCUT2D eigenvalue weighted by molar-refractivity contribution is -0.167. The number of rotatable bonds is 57. The molecular formula is C65H118O6. The van der Waals surface area contributed by atoms with E-state index in [1.165, 1.54) is 193 Å². The number of unbranched alkanes of at least 4 members (excludes halogenated alkanes) is 38. The summed E-state index contributed by atoms with van der Waals surface area (Å²) in [6.07, 6.45) is 74.0. The molecule has 0 aliphatic carbocycles. The largest absolute Gasteiger partial charge is 0.462 e. The number of carbonyl (C=O) groups is 3. The van der Waals surface area contributed by atoms with Gasteiger partial charge in [0.2, 0.25) is 0 Å². The van der Waals surface area contributed by atoms with Gasteiger partial charge in [0.25, 0.3) is 0 Å². The van der Waals surface area contributed by atoms with Crippen molar-refractivity contribution in [3.05, 3.63) is 48.6 Å². The van der Waals surface area contributed by atoms with E-state index in [4.69, 9.17) is 14.2 Å². The van der Waals surface area contributed by atoms with Crippen LogP contribution in [0.15, 0.2) is 48.6 Å². The maximum absolute atomic E-state index is 12.9. The highest BCUT2D eigenvalue weighted by Gasteiger charge is 2.19.